The maximum absolute atomic E-state index is 13.0. The Labute approximate surface area is 115 Å². The molecule has 0 aromatic heterocycles. The Hall–Kier alpha value is -1.52. The summed E-state index contributed by atoms with van der Waals surface area (Å²) in [7, 11) is 0. The minimum Gasteiger partial charge on any atom is -0.338 e. The van der Waals surface area contributed by atoms with Crippen LogP contribution in [-0.4, -0.2) is 23.9 Å². The maximum atomic E-state index is 13.0. The summed E-state index contributed by atoms with van der Waals surface area (Å²) in [4.78, 5) is 14.0. The number of alkyl halides is 3. The van der Waals surface area contributed by atoms with Crippen molar-refractivity contribution in [2.75, 3.05) is 13.1 Å². The molecule has 2 unspecified atom stereocenters. The highest BCUT2D eigenvalue weighted by molar-refractivity contribution is 5.96. The number of fused-ring (bicyclic) bond motifs is 1. The molecule has 20 heavy (non-hydrogen) atoms. The first-order valence-electron chi connectivity index (χ1n) is 6.83. The van der Waals surface area contributed by atoms with Gasteiger partial charge in [0.15, 0.2) is 0 Å². The molecule has 2 fully saturated rings. The third kappa shape index (κ3) is 2.00. The second kappa shape index (κ2) is 4.24. The number of amides is 1. The third-order valence-electron chi connectivity index (χ3n) is 4.76. The van der Waals surface area contributed by atoms with Crippen LogP contribution in [0.3, 0.4) is 0 Å². The molecule has 0 N–H and O–H groups in total. The quantitative estimate of drug-likeness (QED) is 0.812. The molecule has 5 heteroatoms. The summed E-state index contributed by atoms with van der Waals surface area (Å²) in [5, 5.41) is 0. The molecule has 1 aliphatic carbocycles. The van der Waals surface area contributed by atoms with Gasteiger partial charge in [0, 0.05) is 13.1 Å². The smallest absolute Gasteiger partial charge is 0.338 e. The molecular weight excluding hydrogens is 267 g/mol. The molecule has 1 aromatic carbocycles. The molecule has 2 nitrogen and oxygen atoms in total. The average molecular weight is 283 g/mol. The zero-order valence-corrected chi connectivity index (χ0v) is 11.2. The van der Waals surface area contributed by atoms with Crippen molar-refractivity contribution in [3.05, 3.63) is 35.4 Å². The fourth-order valence-electron chi connectivity index (χ4n) is 3.38. The van der Waals surface area contributed by atoms with Gasteiger partial charge in [-0.25, -0.2) is 0 Å². The number of halogens is 3. The maximum Gasteiger partial charge on any atom is 0.417 e. The summed E-state index contributed by atoms with van der Waals surface area (Å²) in [6.45, 7) is 3.27. The highest BCUT2D eigenvalue weighted by Crippen LogP contribution is 2.60. The molecule has 1 amide bonds. The van der Waals surface area contributed by atoms with E-state index in [-0.39, 0.29) is 11.0 Å². The van der Waals surface area contributed by atoms with Gasteiger partial charge in [0.25, 0.3) is 5.91 Å². The van der Waals surface area contributed by atoms with Crippen molar-refractivity contribution in [2.24, 2.45) is 11.3 Å². The van der Waals surface area contributed by atoms with Crippen LogP contribution in [0.15, 0.2) is 24.3 Å². The minimum atomic E-state index is -4.49. The van der Waals surface area contributed by atoms with E-state index in [4.69, 9.17) is 0 Å². The fraction of sp³-hybridized carbons (Fsp3) is 0.533. The average Bonchev–Trinajstić information content (AvgIpc) is 2.99. The highest BCUT2D eigenvalue weighted by Gasteiger charge is 2.59. The SMILES string of the molecule is CCC12CC1CN(C(=O)c1ccccc1C(F)(F)F)C2. The molecule has 0 radical (unpaired) electrons. The molecule has 1 saturated carbocycles. The normalized spacial score (nSPS) is 28.4. The van der Waals surface area contributed by atoms with E-state index in [2.05, 4.69) is 6.92 Å². The Bertz CT molecular complexity index is 550. The number of carbonyl (C=O) groups is 1. The second-order valence-electron chi connectivity index (χ2n) is 5.85. The molecule has 1 aliphatic heterocycles. The van der Waals surface area contributed by atoms with Gasteiger partial charge in [0.2, 0.25) is 0 Å². The van der Waals surface area contributed by atoms with Crippen LogP contribution in [0.2, 0.25) is 0 Å². The van der Waals surface area contributed by atoms with Crippen molar-refractivity contribution in [1.82, 2.24) is 4.90 Å². The first-order valence-corrected chi connectivity index (χ1v) is 6.83. The van der Waals surface area contributed by atoms with Crippen molar-refractivity contribution in [3.63, 3.8) is 0 Å². The predicted molar refractivity (Wildman–Crippen MR) is 68.2 cm³/mol. The Balaban J connectivity index is 1.86. The zero-order chi connectivity index (χ0) is 14.5. The van der Waals surface area contributed by atoms with Crippen LogP contribution < -0.4 is 0 Å². The number of likely N-dealkylation sites (tertiary alicyclic amines) is 1. The van der Waals surface area contributed by atoms with E-state index in [1.807, 2.05) is 0 Å². The van der Waals surface area contributed by atoms with Gasteiger partial charge in [0.1, 0.15) is 0 Å². The number of piperidine rings is 1. The third-order valence-corrected chi connectivity index (χ3v) is 4.76. The number of rotatable bonds is 2. The van der Waals surface area contributed by atoms with Gasteiger partial charge >= 0.3 is 6.18 Å². The summed E-state index contributed by atoms with van der Waals surface area (Å²) >= 11 is 0. The van der Waals surface area contributed by atoms with E-state index in [1.165, 1.54) is 18.2 Å². The number of benzene rings is 1. The van der Waals surface area contributed by atoms with Crippen molar-refractivity contribution < 1.29 is 18.0 Å². The van der Waals surface area contributed by atoms with Gasteiger partial charge in [-0.15, -0.1) is 0 Å². The molecule has 108 valence electrons. The Morgan fingerprint density at radius 2 is 2.10 bits per heavy atom. The van der Waals surface area contributed by atoms with Crippen LogP contribution in [0, 0.1) is 11.3 Å². The standard InChI is InChI=1S/C15H16F3NO/c1-2-14-7-10(14)8-19(9-14)13(20)11-5-3-4-6-12(11)15(16,17)18/h3-6,10H,2,7-9H2,1H3. The van der Waals surface area contributed by atoms with E-state index in [0.29, 0.717) is 19.0 Å². The van der Waals surface area contributed by atoms with Gasteiger partial charge in [-0.3, -0.25) is 4.79 Å². The Morgan fingerprint density at radius 1 is 1.40 bits per heavy atom. The van der Waals surface area contributed by atoms with Crippen LogP contribution in [0.25, 0.3) is 0 Å². The molecule has 2 aliphatic rings. The van der Waals surface area contributed by atoms with Crippen LogP contribution in [0.5, 0.6) is 0 Å². The molecule has 0 spiro atoms. The number of hydrogen-bond acceptors (Lipinski definition) is 1. The zero-order valence-electron chi connectivity index (χ0n) is 11.2. The lowest BCUT2D eigenvalue weighted by molar-refractivity contribution is -0.138. The lowest BCUT2D eigenvalue weighted by atomic mass is 10.0. The Morgan fingerprint density at radius 3 is 2.70 bits per heavy atom. The Kier molecular flexibility index (Phi) is 2.85. The van der Waals surface area contributed by atoms with E-state index < -0.39 is 17.6 Å². The van der Waals surface area contributed by atoms with E-state index in [0.717, 1.165) is 18.9 Å². The van der Waals surface area contributed by atoms with Crippen LogP contribution in [0.4, 0.5) is 13.2 Å². The first-order chi connectivity index (χ1) is 9.37. The van der Waals surface area contributed by atoms with Gasteiger partial charge in [0.05, 0.1) is 11.1 Å². The summed E-state index contributed by atoms with van der Waals surface area (Å²) in [6.07, 6.45) is -2.39. The molecule has 3 rings (SSSR count). The molecule has 1 saturated heterocycles. The van der Waals surface area contributed by atoms with Crippen molar-refractivity contribution in [1.29, 1.82) is 0 Å². The minimum absolute atomic E-state index is 0.183. The fourth-order valence-corrected chi connectivity index (χ4v) is 3.38. The summed E-state index contributed by atoms with van der Waals surface area (Å²) in [6, 6.07) is 5.04. The van der Waals surface area contributed by atoms with Gasteiger partial charge < -0.3 is 4.90 Å². The monoisotopic (exact) mass is 283 g/mol. The summed E-state index contributed by atoms with van der Waals surface area (Å²) < 4.78 is 38.9. The van der Waals surface area contributed by atoms with E-state index >= 15 is 0 Å². The molecular formula is C15H16F3NO. The van der Waals surface area contributed by atoms with Gasteiger partial charge in [-0.1, -0.05) is 19.1 Å². The lowest BCUT2D eigenvalue weighted by Crippen LogP contribution is -2.33. The summed E-state index contributed by atoms with van der Waals surface area (Å²) in [5.74, 6) is -0.00699. The topological polar surface area (TPSA) is 20.3 Å². The molecule has 1 heterocycles. The van der Waals surface area contributed by atoms with Crippen molar-refractivity contribution in [3.8, 4) is 0 Å². The van der Waals surface area contributed by atoms with E-state index in [1.54, 1.807) is 4.90 Å². The van der Waals surface area contributed by atoms with Crippen LogP contribution >= 0.6 is 0 Å². The number of hydrogen-bond donors (Lipinski definition) is 0. The largest absolute Gasteiger partial charge is 0.417 e. The number of carbonyl (C=O) groups excluding carboxylic acids is 1. The highest BCUT2D eigenvalue weighted by atomic mass is 19.4. The van der Waals surface area contributed by atoms with Gasteiger partial charge in [-0.2, -0.15) is 13.2 Å². The van der Waals surface area contributed by atoms with Crippen molar-refractivity contribution in [2.45, 2.75) is 25.9 Å². The van der Waals surface area contributed by atoms with Crippen LogP contribution in [-0.2, 0) is 6.18 Å². The van der Waals surface area contributed by atoms with Crippen LogP contribution in [0.1, 0.15) is 35.7 Å². The molecule has 1 aromatic rings. The number of nitrogens with zero attached hydrogens (tertiary/aromatic N) is 1. The molecule has 2 atom stereocenters. The van der Waals surface area contributed by atoms with E-state index in [9.17, 15) is 18.0 Å². The predicted octanol–water partition coefficient (Wildman–Crippen LogP) is 3.58. The lowest BCUT2D eigenvalue weighted by Gasteiger charge is -2.22. The summed E-state index contributed by atoms with van der Waals surface area (Å²) in [5.41, 5.74) is -0.883. The first kappa shape index (κ1) is 13.5. The second-order valence-corrected chi connectivity index (χ2v) is 5.85. The van der Waals surface area contributed by atoms with Gasteiger partial charge in [-0.05, 0) is 36.3 Å². The molecule has 0 bridgehead atoms. The van der Waals surface area contributed by atoms with Crippen molar-refractivity contribution >= 4 is 5.91 Å².